The molecule has 0 heterocycles. The minimum absolute atomic E-state index is 0.0980. The Morgan fingerprint density at radius 3 is 2.28 bits per heavy atom. The Morgan fingerprint density at radius 1 is 0.828 bits per heavy atom. The number of aryl methyl sites for hydroxylation is 1. The maximum Gasteiger partial charge on any atom is 0.308 e. The van der Waals surface area contributed by atoms with Crippen LogP contribution in [0, 0.1) is 13.8 Å². The van der Waals surface area contributed by atoms with Gasteiger partial charge in [-0.2, -0.15) is 0 Å². The zero-order chi connectivity index (χ0) is 21.0. The molecule has 0 fully saturated rings. The van der Waals surface area contributed by atoms with Crippen molar-refractivity contribution in [1.29, 1.82) is 0 Å². The van der Waals surface area contributed by atoms with Crippen LogP contribution in [0.5, 0.6) is 5.75 Å². The Balaban J connectivity index is 1.81. The smallest absolute Gasteiger partial charge is 0.308 e. The molecule has 146 valence electrons. The number of ketones is 1. The van der Waals surface area contributed by atoms with Crippen LogP contribution in [0.2, 0.25) is 0 Å². The van der Waals surface area contributed by atoms with Gasteiger partial charge in [0.15, 0.2) is 5.78 Å². The molecule has 5 nitrogen and oxygen atoms in total. The highest BCUT2D eigenvalue weighted by atomic mass is 16.5. The number of hydrogen-bond acceptors (Lipinski definition) is 4. The van der Waals surface area contributed by atoms with E-state index in [1.165, 1.54) is 13.0 Å². The molecule has 0 aliphatic carbocycles. The highest BCUT2D eigenvalue weighted by molar-refractivity contribution is 6.11. The van der Waals surface area contributed by atoms with Gasteiger partial charge in [0.05, 0.1) is 0 Å². The summed E-state index contributed by atoms with van der Waals surface area (Å²) >= 11 is 0. The molecule has 3 aromatic rings. The fourth-order valence-electron chi connectivity index (χ4n) is 2.96. The number of carbonyl (C=O) groups excluding carboxylic acids is 3. The van der Waals surface area contributed by atoms with Crippen molar-refractivity contribution in [2.45, 2.75) is 20.8 Å². The molecule has 0 unspecified atom stereocenters. The van der Waals surface area contributed by atoms with E-state index >= 15 is 0 Å². The molecule has 1 amide bonds. The van der Waals surface area contributed by atoms with Crippen LogP contribution in [0.4, 0.5) is 5.69 Å². The third kappa shape index (κ3) is 4.76. The minimum Gasteiger partial charge on any atom is -0.427 e. The third-order valence-electron chi connectivity index (χ3n) is 4.59. The van der Waals surface area contributed by atoms with Crippen LogP contribution in [0.25, 0.3) is 0 Å². The lowest BCUT2D eigenvalue weighted by Crippen LogP contribution is -2.13. The van der Waals surface area contributed by atoms with Crippen LogP contribution in [0.1, 0.15) is 44.3 Å². The van der Waals surface area contributed by atoms with Gasteiger partial charge < -0.3 is 10.1 Å². The van der Waals surface area contributed by atoms with Gasteiger partial charge in [0, 0.05) is 29.3 Å². The summed E-state index contributed by atoms with van der Waals surface area (Å²) in [5.74, 6) is -0.626. The zero-order valence-corrected chi connectivity index (χ0v) is 16.5. The SMILES string of the molecule is CC(=O)Oc1cccc(C(=O)Nc2cccc(C(=O)c3cccc(C)c3C)c2)c1. The predicted molar refractivity (Wildman–Crippen MR) is 111 cm³/mol. The van der Waals surface area contributed by atoms with Crippen LogP contribution >= 0.6 is 0 Å². The van der Waals surface area contributed by atoms with Gasteiger partial charge >= 0.3 is 5.97 Å². The van der Waals surface area contributed by atoms with Gasteiger partial charge in [-0.1, -0.05) is 36.4 Å². The monoisotopic (exact) mass is 387 g/mol. The van der Waals surface area contributed by atoms with Crippen molar-refractivity contribution < 1.29 is 19.1 Å². The maximum atomic E-state index is 12.9. The number of carbonyl (C=O) groups is 3. The topological polar surface area (TPSA) is 72.5 Å². The van der Waals surface area contributed by atoms with Gasteiger partial charge in [0.2, 0.25) is 0 Å². The fraction of sp³-hybridized carbons (Fsp3) is 0.125. The van der Waals surface area contributed by atoms with E-state index in [9.17, 15) is 14.4 Å². The van der Waals surface area contributed by atoms with Crippen molar-refractivity contribution in [1.82, 2.24) is 0 Å². The Bertz CT molecular complexity index is 1100. The van der Waals surface area contributed by atoms with Crippen LogP contribution in [0.15, 0.2) is 66.7 Å². The first kappa shape index (κ1) is 20.0. The summed E-state index contributed by atoms with van der Waals surface area (Å²) in [6.45, 7) is 5.18. The lowest BCUT2D eigenvalue weighted by molar-refractivity contribution is -0.131. The van der Waals surface area contributed by atoms with Crippen molar-refractivity contribution in [3.8, 4) is 5.75 Å². The molecule has 0 radical (unpaired) electrons. The van der Waals surface area contributed by atoms with Crippen molar-refractivity contribution in [2.24, 2.45) is 0 Å². The number of nitrogens with one attached hydrogen (secondary N) is 1. The van der Waals surface area contributed by atoms with E-state index in [-0.39, 0.29) is 11.7 Å². The molecule has 0 aliphatic heterocycles. The normalized spacial score (nSPS) is 10.3. The van der Waals surface area contributed by atoms with Gasteiger partial charge in [-0.05, 0) is 55.3 Å². The largest absolute Gasteiger partial charge is 0.427 e. The second-order valence-corrected chi connectivity index (χ2v) is 6.73. The van der Waals surface area contributed by atoms with Gasteiger partial charge in [0.1, 0.15) is 5.75 Å². The van der Waals surface area contributed by atoms with E-state index in [0.717, 1.165) is 11.1 Å². The molecule has 0 aliphatic rings. The van der Waals surface area contributed by atoms with Crippen LogP contribution in [0.3, 0.4) is 0 Å². The van der Waals surface area contributed by atoms with E-state index < -0.39 is 5.97 Å². The number of ether oxygens (including phenoxy) is 1. The van der Waals surface area contributed by atoms with Crippen LogP contribution in [-0.4, -0.2) is 17.7 Å². The summed E-state index contributed by atoms with van der Waals surface area (Å²) in [6, 6.07) is 18.8. The molecular formula is C24H21NO4. The molecule has 0 aromatic heterocycles. The number of benzene rings is 3. The fourth-order valence-corrected chi connectivity index (χ4v) is 2.96. The third-order valence-corrected chi connectivity index (χ3v) is 4.59. The van der Waals surface area contributed by atoms with Gasteiger partial charge in [-0.25, -0.2) is 0 Å². The van der Waals surface area contributed by atoms with Gasteiger partial charge in [-0.15, -0.1) is 0 Å². The second kappa shape index (κ2) is 8.52. The minimum atomic E-state index is -0.458. The van der Waals surface area contributed by atoms with E-state index in [2.05, 4.69) is 5.32 Å². The lowest BCUT2D eigenvalue weighted by Gasteiger charge is -2.10. The van der Waals surface area contributed by atoms with Crippen molar-refractivity contribution in [3.05, 3.63) is 94.5 Å². The number of rotatable bonds is 5. The summed E-state index contributed by atoms with van der Waals surface area (Å²) in [6.07, 6.45) is 0. The van der Waals surface area contributed by atoms with E-state index in [4.69, 9.17) is 4.74 Å². The predicted octanol–water partition coefficient (Wildman–Crippen LogP) is 4.71. The van der Waals surface area contributed by atoms with Crippen molar-refractivity contribution >= 4 is 23.3 Å². The Hall–Kier alpha value is -3.73. The summed E-state index contributed by atoms with van der Waals surface area (Å²) in [5.41, 5.74) is 3.97. The average molecular weight is 387 g/mol. The molecule has 5 heteroatoms. The highest BCUT2D eigenvalue weighted by Gasteiger charge is 2.14. The first-order valence-electron chi connectivity index (χ1n) is 9.16. The van der Waals surface area contributed by atoms with Gasteiger partial charge in [-0.3, -0.25) is 14.4 Å². The number of anilines is 1. The number of amides is 1. The van der Waals surface area contributed by atoms with E-state index in [1.807, 2.05) is 26.0 Å². The molecule has 0 bridgehead atoms. The van der Waals surface area contributed by atoms with Crippen molar-refractivity contribution in [3.63, 3.8) is 0 Å². The van der Waals surface area contributed by atoms with Crippen molar-refractivity contribution in [2.75, 3.05) is 5.32 Å². The van der Waals surface area contributed by atoms with Crippen LogP contribution < -0.4 is 10.1 Å². The summed E-state index contributed by atoms with van der Waals surface area (Å²) in [7, 11) is 0. The molecule has 0 saturated heterocycles. The zero-order valence-electron chi connectivity index (χ0n) is 16.5. The molecule has 0 spiro atoms. The van der Waals surface area contributed by atoms with Crippen LogP contribution in [-0.2, 0) is 4.79 Å². The Labute approximate surface area is 169 Å². The molecule has 0 atom stereocenters. The molecule has 29 heavy (non-hydrogen) atoms. The molecule has 3 rings (SSSR count). The maximum absolute atomic E-state index is 12.9. The molecular weight excluding hydrogens is 366 g/mol. The molecule has 0 saturated carbocycles. The quantitative estimate of drug-likeness (QED) is 0.391. The standard InChI is InChI=1S/C24H21NO4/c1-15-7-4-12-22(16(15)2)23(27)18-8-5-10-20(13-18)25-24(28)19-9-6-11-21(14-19)29-17(3)26/h4-14H,1-3H3,(H,25,28). The summed E-state index contributed by atoms with van der Waals surface area (Å²) < 4.78 is 5.01. The highest BCUT2D eigenvalue weighted by Crippen LogP contribution is 2.20. The second-order valence-electron chi connectivity index (χ2n) is 6.73. The Kier molecular flexibility index (Phi) is 5.88. The number of esters is 1. The summed E-state index contributed by atoms with van der Waals surface area (Å²) in [4.78, 5) is 36.6. The molecule has 3 aromatic carbocycles. The van der Waals surface area contributed by atoms with E-state index in [1.54, 1.807) is 48.5 Å². The lowest BCUT2D eigenvalue weighted by atomic mass is 9.96. The first-order valence-corrected chi connectivity index (χ1v) is 9.16. The first-order chi connectivity index (χ1) is 13.8. The number of hydrogen-bond donors (Lipinski definition) is 1. The summed E-state index contributed by atoms with van der Waals surface area (Å²) in [5, 5.41) is 2.78. The Morgan fingerprint density at radius 2 is 1.52 bits per heavy atom. The molecule has 1 N–H and O–H groups in total. The van der Waals surface area contributed by atoms with Gasteiger partial charge in [0.25, 0.3) is 5.91 Å². The van der Waals surface area contributed by atoms with E-state index in [0.29, 0.717) is 28.1 Å². The average Bonchev–Trinajstić information content (AvgIpc) is 2.69.